The molecule has 2 heterocycles. The Morgan fingerprint density at radius 2 is 1.81 bits per heavy atom. The maximum Gasteiger partial charge on any atom is 0.322 e. The Kier molecular flexibility index (Phi) is 4.00. The molecule has 0 saturated carbocycles. The van der Waals surface area contributed by atoms with Crippen molar-refractivity contribution >= 4 is 32.7 Å². The number of aromatic nitrogens is 2. The predicted molar refractivity (Wildman–Crippen MR) is 97.0 cm³/mol. The van der Waals surface area contributed by atoms with Crippen LogP contribution in [0.4, 0.5) is 6.01 Å². The summed E-state index contributed by atoms with van der Waals surface area (Å²) in [6, 6.07) is 14.7. The molecule has 1 amide bonds. The van der Waals surface area contributed by atoms with Gasteiger partial charge in [-0.15, -0.1) is 5.10 Å². The van der Waals surface area contributed by atoms with Crippen LogP contribution in [0, 0.1) is 0 Å². The van der Waals surface area contributed by atoms with Gasteiger partial charge in [-0.05, 0) is 30.3 Å². The first-order valence-electron chi connectivity index (χ1n) is 7.84. The van der Waals surface area contributed by atoms with Crippen molar-refractivity contribution < 1.29 is 22.0 Å². The van der Waals surface area contributed by atoms with E-state index in [0.29, 0.717) is 11.3 Å². The number of furan rings is 1. The maximum atomic E-state index is 12.3. The van der Waals surface area contributed by atoms with Gasteiger partial charge < -0.3 is 8.83 Å². The summed E-state index contributed by atoms with van der Waals surface area (Å²) < 4.78 is 34.3. The highest BCUT2D eigenvalue weighted by Crippen LogP contribution is 2.27. The molecule has 0 saturated heterocycles. The number of carbonyl (C=O) groups excluding carboxylic acids is 1. The molecular formula is C18H13N3O5S. The van der Waals surface area contributed by atoms with Crippen LogP contribution >= 0.6 is 0 Å². The summed E-state index contributed by atoms with van der Waals surface area (Å²) in [5.41, 5.74) is 0.829. The van der Waals surface area contributed by atoms with Gasteiger partial charge in [0.2, 0.25) is 0 Å². The molecule has 2 aromatic heterocycles. The standard InChI is InChI=1S/C18H13N3O5S/c1-27(23,24)13-7-4-6-12(9-13)16(22)19-18-21-20-17(26-18)15-10-11-5-2-3-8-14(11)25-15/h2-10H,1H3,(H,19,21,22). The Bertz CT molecular complexity index is 1220. The van der Waals surface area contributed by atoms with Crippen molar-refractivity contribution in [2.24, 2.45) is 0 Å². The molecule has 0 atom stereocenters. The Hall–Kier alpha value is -3.46. The molecule has 0 radical (unpaired) electrons. The lowest BCUT2D eigenvalue weighted by molar-refractivity contribution is 0.102. The second kappa shape index (κ2) is 6.36. The Morgan fingerprint density at radius 3 is 2.59 bits per heavy atom. The van der Waals surface area contributed by atoms with Gasteiger partial charge in [-0.25, -0.2) is 8.42 Å². The zero-order valence-electron chi connectivity index (χ0n) is 14.0. The van der Waals surface area contributed by atoms with Gasteiger partial charge in [0.15, 0.2) is 15.6 Å². The molecule has 4 rings (SSSR count). The van der Waals surface area contributed by atoms with Crippen molar-refractivity contribution in [3.63, 3.8) is 0 Å². The number of nitrogens with zero attached hydrogens (tertiary/aromatic N) is 2. The Labute approximate surface area is 153 Å². The second-order valence-electron chi connectivity index (χ2n) is 5.81. The van der Waals surface area contributed by atoms with E-state index in [9.17, 15) is 13.2 Å². The molecule has 0 aliphatic heterocycles. The van der Waals surface area contributed by atoms with Crippen LogP contribution in [0.3, 0.4) is 0 Å². The molecule has 136 valence electrons. The lowest BCUT2D eigenvalue weighted by Crippen LogP contribution is -2.13. The number of rotatable bonds is 4. The third-order valence-electron chi connectivity index (χ3n) is 3.81. The zero-order chi connectivity index (χ0) is 19.0. The van der Waals surface area contributed by atoms with Gasteiger partial charge in [0.25, 0.3) is 11.8 Å². The summed E-state index contributed by atoms with van der Waals surface area (Å²) >= 11 is 0. The molecule has 1 N–H and O–H groups in total. The first kappa shape index (κ1) is 17.0. The minimum absolute atomic E-state index is 0.0450. The van der Waals surface area contributed by atoms with E-state index in [1.807, 2.05) is 24.3 Å². The van der Waals surface area contributed by atoms with Crippen molar-refractivity contribution in [2.45, 2.75) is 4.90 Å². The van der Waals surface area contributed by atoms with Crippen molar-refractivity contribution in [3.05, 3.63) is 60.2 Å². The third-order valence-corrected chi connectivity index (χ3v) is 4.92. The smallest absolute Gasteiger partial charge is 0.322 e. The highest BCUT2D eigenvalue weighted by atomic mass is 32.2. The van der Waals surface area contributed by atoms with Crippen LogP contribution in [-0.4, -0.2) is 30.8 Å². The van der Waals surface area contributed by atoms with Gasteiger partial charge in [0.05, 0.1) is 4.90 Å². The van der Waals surface area contributed by atoms with E-state index in [-0.39, 0.29) is 22.4 Å². The van der Waals surface area contributed by atoms with Crippen molar-refractivity contribution in [2.75, 3.05) is 11.6 Å². The Balaban J connectivity index is 1.56. The number of nitrogens with one attached hydrogen (secondary N) is 1. The van der Waals surface area contributed by atoms with E-state index in [1.54, 1.807) is 6.07 Å². The number of sulfone groups is 1. The van der Waals surface area contributed by atoms with Gasteiger partial charge in [-0.3, -0.25) is 10.1 Å². The molecule has 0 fully saturated rings. The average Bonchev–Trinajstić information content (AvgIpc) is 3.27. The average molecular weight is 383 g/mol. The van der Waals surface area contributed by atoms with E-state index < -0.39 is 15.7 Å². The number of hydrogen-bond donors (Lipinski definition) is 1. The van der Waals surface area contributed by atoms with Gasteiger partial charge in [0.1, 0.15) is 5.58 Å². The number of fused-ring (bicyclic) bond motifs is 1. The number of para-hydroxylation sites is 1. The van der Waals surface area contributed by atoms with Crippen LogP contribution in [0.5, 0.6) is 0 Å². The molecule has 0 unspecified atom stereocenters. The lowest BCUT2D eigenvalue weighted by atomic mass is 10.2. The number of hydrogen-bond acceptors (Lipinski definition) is 7. The predicted octanol–water partition coefficient (Wildman–Crippen LogP) is 3.14. The van der Waals surface area contributed by atoms with Crippen molar-refractivity contribution in [3.8, 4) is 11.7 Å². The fraction of sp³-hybridized carbons (Fsp3) is 0.0556. The Morgan fingerprint density at radius 1 is 1.00 bits per heavy atom. The van der Waals surface area contributed by atoms with Crippen molar-refractivity contribution in [1.29, 1.82) is 0 Å². The van der Waals surface area contributed by atoms with E-state index >= 15 is 0 Å². The topological polar surface area (TPSA) is 115 Å². The number of carbonyl (C=O) groups is 1. The van der Waals surface area contributed by atoms with Gasteiger partial charge in [-0.1, -0.05) is 29.4 Å². The minimum Gasteiger partial charge on any atom is -0.451 e. The van der Waals surface area contributed by atoms with Gasteiger partial charge in [0, 0.05) is 17.2 Å². The minimum atomic E-state index is -3.42. The van der Waals surface area contributed by atoms with Crippen LogP contribution in [0.25, 0.3) is 22.6 Å². The van der Waals surface area contributed by atoms with Crippen LogP contribution in [0.1, 0.15) is 10.4 Å². The molecule has 0 bridgehead atoms. The molecule has 8 nitrogen and oxygen atoms in total. The van der Waals surface area contributed by atoms with Crippen LogP contribution in [-0.2, 0) is 9.84 Å². The highest BCUT2D eigenvalue weighted by molar-refractivity contribution is 7.90. The van der Waals surface area contributed by atoms with Crippen LogP contribution in [0.2, 0.25) is 0 Å². The summed E-state index contributed by atoms with van der Waals surface area (Å²) in [6.45, 7) is 0. The number of anilines is 1. The van der Waals surface area contributed by atoms with Crippen molar-refractivity contribution in [1.82, 2.24) is 10.2 Å². The number of amides is 1. The van der Waals surface area contributed by atoms with Crippen LogP contribution < -0.4 is 5.32 Å². The maximum absolute atomic E-state index is 12.3. The van der Waals surface area contributed by atoms with Gasteiger partial charge >= 0.3 is 6.01 Å². The molecule has 4 aromatic rings. The fourth-order valence-corrected chi connectivity index (χ4v) is 3.16. The van der Waals surface area contributed by atoms with Crippen LogP contribution in [0.15, 0.2) is 68.3 Å². The second-order valence-corrected chi connectivity index (χ2v) is 7.83. The highest BCUT2D eigenvalue weighted by Gasteiger charge is 2.17. The third kappa shape index (κ3) is 3.44. The lowest BCUT2D eigenvalue weighted by Gasteiger charge is -2.03. The summed E-state index contributed by atoms with van der Waals surface area (Å²) in [5.74, 6) is -0.0741. The van der Waals surface area contributed by atoms with E-state index in [0.717, 1.165) is 11.6 Å². The summed E-state index contributed by atoms with van der Waals surface area (Å²) in [6.07, 6.45) is 1.07. The summed E-state index contributed by atoms with van der Waals surface area (Å²) in [5, 5.41) is 11.0. The van der Waals surface area contributed by atoms with E-state index in [4.69, 9.17) is 8.83 Å². The zero-order valence-corrected chi connectivity index (χ0v) is 14.9. The van der Waals surface area contributed by atoms with E-state index in [2.05, 4.69) is 15.5 Å². The SMILES string of the molecule is CS(=O)(=O)c1cccc(C(=O)Nc2nnc(-c3cc4ccccc4o3)o2)c1. The molecular weight excluding hydrogens is 370 g/mol. The number of benzene rings is 2. The molecule has 9 heteroatoms. The quantitative estimate of drug-likeness (QED) is 0.575. The first-order chi connectivity index (χ1) is 12.9. The van der Waals surface area contributed by atoms with Gasteiger partial charge in [-0.2, -0.15) is 0 Å². The molecule has 0 aliphatic carbocycles. The summed E-state index contributed by atoms with van der Waals surface area (Å²) in [4.78, 5) is 12.4. The monoisotopic (exact) mass is 383 g/mol. The fourth-order valence-electron chi connectivity index (χ4n) is 2.50. The first-order valence-corrected chi connectivity index (χ1v) is 9.73. The molecule has 0 aliphatic rings. The molecule has 27 heavy (non-hydrogen) atoms. The summed E-state index contributed by atoms with van der Waals surface area (Å²) in [7, 11) is -3.42. The largest absolute Gasteiger partial charge is 0.451 e. The molecule has 0 spiro atoms. The molecule has 2 aromatic carbocycles. The van der Waals surface area contributed by atoms with E-state index in [1.165, 1.54) is 24.3 Å². The normalized spacial score (nSPS) is 11.6.